The molecule has 1 aliphatic carbocycles. The molecule has 1 atom stereocenters. The van der Waals surface area contributed by atoms with Gasteiger partial charge >= 0.3 is 0 Å². The van der Waals surface area contributed by atoms with Crippen LogP contribution in [0.25, 0.3) is 0 Å². The van der Waals surface area contributed by atoms with Crippen molar-refractivity contribution < 1.29 is 4.79 Å². The zero-order chi connectivity index (χ0) is 23.4. The maximum Gasteiger partial charge on any atom is 0.253 e. The van der Waals surface area contributed by atoms with Crippen molar-refractivity contribution in [3.63, 3.8) is 0 Å². The van der Waals surface area contributed by atoms with Crippen LogP contribution in [-0.2, 0) is 6.54 Å². The Balaban J connectivity index is 1.64. The number of nitrogens with zero attached hydrogens (tertiary/aromatic N) is 1. The molecule has 2 N–H and O–H groups in total. The van der Waals surface area contributed by atoms with Gasteiger partial charge in [-0.05, 0) is 102 Å². The highest BCUT2D eigenvalue weighted by Gasteiger charge is 2.27. The van der Waals surface area contributed by atoms with Gasteiger partial charge in [0.15, 0.2) is 0 Å². The van der Waals surface area contributed by atoms with Gasteiger partial charge in [0.2, 0.25) is 0 Å². The Hall–Kier alpha value is -1.92. The summed E-state index contributed by atoms with van der Waals surface area (Å²) in [6.45, 7) is 8.37. The van der Waals surface area contributed by atoms with Crippen molar-refractivity contribution in [2.45, 2.75) is 84.7 Å². The van der Waals surface area contributed by atoms with Crippen LogP contribution in [0.3, 0.4) is 0 Å². The van der Waals surface area contributed by atoms with E-state index in [2.05, 4.69) is 43.1 Å². The van der Waals surface area contributed by atoms with Gasteiger partial charge in [-0.2, -0.15) is 0 Å². The molecule has 176 valence electrons. The summed E-state index contributed by atoms with van der Waals surface area (Å²) in [5, 5.41) is 4.97. The van der Waals surface area contributed by atoms with Gasteiger partial charge < -0.3 is 15.2 Å². The fourth-order valence-electron chi connectivity index (χ4n) is 5.18. The molecule has 2 aromatic heterocycles. The zero-order valence-electron chi connectivity index (χ0n) is 20.5. The quantitative estimate of drug-likeness (QED) is 0.566. The van der Waals surface area contributed by atoms with E-state index in [0.29, 0.717) is 11.5 Å². The van der Waals surface area contributed by atoms with Gasteiger partial charge in [-0.3, -0.25) is 9.59 Å². The van der Waals surface area contributed by atoms with E-state index < -0.39 is 0 Å². The number of aromatic nitrogens is 1. The number of carbonyl (C=O) groups is 1. The normalized spacial score (nSPS) is 19.8. The molecule has 1 fully saturated rings. The minimum atomic E-state index is -0.124. The summed E-state index contributed by atoms with van der Waals surface area (Å²) in [6, 6.07) is 2.67. The molecule has 0 radical (unpaired) electrons. The SMILES string of the molecule is CCC(C[C@H]1CC[C@H](N(C)C)CC1)c1scc(C(=O)NCc2c(C)cc(C)[nH]c2=O)c1C. The Morgan fingerprint density at radius 2 is 1.91 bits per heavy atom. The number of nitrogens with one attached hydrogen (secondary N) is 2. The number of hydrogen-bond acceptors (Lipinski definition) is 4. The summed E-state index contributed by atoms with van der Waals surface area (Å²) >= 11 is 1.72. The molecule has 2 aromatic rings. The molecule has 1 unspecified atom stereocenters. The number of H-pyrrole nitrogens is 1. The molecule has 0 aromatic carbocycles. The van der Waals surface area contributed by atoms with Crippen molar-refractivity contribution in [2.24, 2.45) is 5.92 Å². The second-order valence-corrected chi connectivity index (χ2v) is 10.7. The minimum absolute atomic E-state index is 0.0919. The van der Waals surface area contributed by atoms with Gasteiger partial charge in [-0.25, -0.2) is 0 Å². The molecule has 1 amide bonds. The minimum Gasteiger partial charge on any atom is -0.348 e. The number of rotatable bonds is 8. The van der Waals surface area contributed by atoms with Crippen LogP contribution in [0, 0.1) is 26.7 Å². The smallest absolute Gasteiger partial charge is 0.253 e. The first-order chi connectivity index (χ1) is 15.2. The van der Waals surface area contributed by atoms with Crippen LogP contribution in [0.5, 0.6) is 0 Å². The van der Waals surface area contributed by atoms with Crippen LogP contribution in [0.4, 0.5) is 0 Å². The van der Waals surface area contributed by atoms with E-state index in [9.17, 15) is 9.59 Å². The van der Waals surface area contributed by atoms with Crippen LogP contribution >= 0.6 is 11.3 Å². The van der Waals surface area contributed by atoms with Crippen LogP contribution in [0.1, 0.15) is 89.0 Å². The number of thiophene rings is 1. The first-order valence-corrected chi connectivity index (χ1v) is 12.8. The van der Waals surface area contributed by atoms with Gasteiger partial charge in [0, 0.05) is 34.1 Å². The summed E-state index contributed by atoms with van der Waals surface area (Å²) in [6.07, 6.45) is 7.53. The lowest BCUT2D eigenvalue weighted by molar-refractivity contribution is 0.0950. The van der Waals surface area contributed by atoms with E-state index in [-0.39, 0.29) is 18.0 Å². The zero-order valence-corrected chi connectivity index (χ0v) is 21.3. The molecule has 0 bridgehead atoms. The predicted octanol–water partition coefficient (Wildman–Crippen LogP) is 5.30. The number of carbonyl (C=O) groups excluding carboxylic acids is 1. The van der Waals surface area contributed by atoms with Crippen molar-refractivity contribution in [1.82, 2.24) is 15.2 Å². The van der Waals surface area contributed by atoms with Gasteiger partial charge in [0.1, 0.15) is 0 Å². The Morgan fingerprint density at radius 1 is 1.22 bits per heavy atom. The molecule has 2 heterocycles. The van der Waals surface area contributed by atoms with E-state index in [4.69, 9.17) is 0 Å². The van der Waals surface area contributed by atoms with E-state index in [1.54, 1.807) is 11.3 Å². The average Bonchev–Trinajstić information content (AvgIpc) is 3.12. The van der Waals surface area contributed by atoms with E-state index in [0.717, 1.165) is 40.8 Å². The lowest BCUT2D eigenvalue weighted by atomic mass is 9.79. The van der Waals surface area contributed by atoms with Crippen LogP contribution in [0.15, 0.2) is 16.2 Å². The molecule has 32 heavy (non-hydrogen) atoms. The maximum atomic E-state index is 12.9. The highest BCUT2D eigenvalue weighted by atomic mass is 32.1. The van der Waals surface area contributed by atoms with Gasteiger partial charge in [0.25, 0.3) is 11.5 Å². The molecule has 0 spiro atoms. The first kappa shape index (κ1) is 24.7. The molecule has 5 nitrogen and oxygen atoms in total. The third-order valence-corrected chi connectivity index (χ3v) is 8.52. The molecule has 0 aliphatic heterocycles. The lowest BCUT2D eigenvalue weighted by Gasteiger charge is -2.34. The standard InChI is InChI=1S/C26H39N3O2S/c1-7-20(13-19-8-10-21(11-9-19)29(5)6)24-18(4)23(15-32-24)25(30)27-14-22-16(2)12-17(3)28-26(22)31/h12,15,19-21H,7-11,13-14H2,1-6H3,(H,27,30)(H,28,31)/t19-,20?,21-. The Kier molecular flexibility index (Phi) is 8.34. The largest absolute Gasteiger partial charge is 0.348 e. The summed E-state index contributed by atoms with van der Waals surface area (Å²) in [4.78, 5) is 31.7. The van der Waals surface area contributed by atoms with Crippen molar-refractivity contribution in [1.29, 1.82) is 0 Å². The number of hydrogen-bond donors (Lipinski definition) is 2. The number of aromatic amines is 1. The predicted molar refractivity (Wildman–Crippen MR) is 134 cm³/mol. The Morgan fingerprint density at radius 3 is 2.50 bits per heavy atom. The second-order valence-electron chi connectivity index (χ2n) is 9.74. The average molecular weight is 458 g/mol. The summed E-state index contributed by atoms with van der Waals surface area (Å²) < 4.78 is 0. The maximum absolute atomic E-state index is 12.9. The molecule has 3 rings (SSSR count). The number of amides is 1. The van der Waals surface area contributed by atoms with Crippen LogP contribution in [0.2, 0.25) is 0 Å². The van der Waals surface area contributed by atoms with E-state index in [1.807, 2.05) is 25.3 Å². The summed E-state index contributed by atoms with van der Waals surface area (Å²) in [5.41, 5.74) is 4.10. The van der Waals surface area contributed by atoms with Crippen LogP contribution in [-0.4, -0.2) is 35.9 Å². The molecule has 1 aliphatic rings. The molecule has 0 saturated heterocycles. The van der Waals surface area contributed by atoms with Crippen molar-refractivity contribution in [3.05, 3.63) is 54.6 Å². The third-order valence-electron chi connectivity index (χ3n) is 7.27. The monoisotopic (exact) mass is 457 g/mol. The number of pyridine rings is 1. The fourth-order valence-corrected chi connectivity index (χ4v) is 6.45. The Bertz CT molecular complexity index is 983. The van der Waals surface area contributed by atoms with Crippen LogP contribution < -0.4 is 10.9 Å². The van der Waals surface area contributed by atoms with Gasteiger partial charge in [-0.15, -0.1) is 11.3 Å². The van der Waals surface area contributed by atoms with Crippen molar-refractivity contribution in [2.75, 3.05) is 14.1 Å². The Labute approximate surface area is 196 Å². The second kappa shape index (κ2) is 10.8. The molecular formula is C26H39N3O2S. The van der Waals surface area contributed by atoms with Gasteiger partial charge in [0.05, 0.1) is 5.56 Å². The van der Waals surface area contributed by atoms with Crippen molar-refractivity contribution in [3.8, 4) is 0 Å². The third kappa shape index (κ3) is 5.70. The summed E-state index contributed by atoms with van der Waals surface area (Å²) in [7, 11) is 4.38. The van der Waals surface area contributed by atoms with E-state index in [1.165, 1.54) is 37.0 Å². The van der Waals surface area contributed by atoms with Gasteiger partial charge in [-0.1, -0.05) is 6.92 Å². The topological polar surface area (TPSA) is 65.2 Å². The lowest BCUT2D eigenvalue weighted by Crippen LogP contribution is -2.32. The summed E-state index contributed by atoms with van der Waals surface area (Å²) in [5.74, 6) is 1.21. The molecular weight excluding hydrogens is 418 g/mol. The first-order valence-electron chi connectivity index (χ1n) is 11.9. The fraction of sp³-hybridized carbons (Fsp3) is 0.615. The highest BCUT2D eigenvalue weighted by molar-refractivity contribution is 7.10. The van der Waals surface area contributed by atoms with Crippen molar-refractivity contribution >= 4 is 17.2 Å². The number of aryl methyl sites for hydroxylation is 2. The highest BCUT2D eigenvalue weighted by Crippen LogP contribution is 2.39. The molecule has 1 saturated carbocycles. The molecule has 6 heteroatoms. The van der Waals surface area contributed by atoms with E-state index >= 15 is 0 Å².